The maximum absolute atomic E-state index is 11.7. The quantitative estimate of drug-likeness (QED) is 0.843. The van der Waals surface area contributed by atoms with Gasteiger partial charge in [0.25, 0.3) is 5.91 Å². The summed E-state index contributed by atoms with van der Waals surface area (Å²) in [6.45, 7) is 1.70. The molecule has 2 aromatic rings. The van der Waals surface area contributed by atoms with Gasteiger partial charge in [-0.05, 0) is 19.1 Å². The van der Waals surface area contributed by atoms with Gasteiger partial charge in [-0.25, -0.2) is 0 Å². The summed E-state index contributed by atoms with van der Waals surface area (Å²) < 4.78 is 5.48. The van der Waals surface area contributed by atoms with Gasteiger partial charge in [0.15, 0.2) is 6.10 Å². The molecule has 17 heavy (non-hydrogen) atoms. The lowest BCUT2D eigenvalue weighted by Crippen LogP contribution is -2.29. The van der Waals surface area contributed by atoms with Crippen LogP contribution in [0.5, 0.6) is 5.75 Å². The zero-order chi connectivity index (χ0) is 12.1. The topological polar surface area (TPSA) is 67.0 Å². The van der Waals surface area contributed by atoms with Crippen molar-refractivity contribution in [2.75, 3.05) is 5.32 Å². The van der Waals surface area contributed by atoms with E-state index in [4.69, 9.17) is 4.74 Å². The molecule has 0 aliphatic carbocycles. The second-order valence-electron chi connectivity index (χ2n) is 3.55. The average molecular weight is 231 g/mol. The highest BCUT2D eigenvalue weighted by Crippen LogP contribution is 2.11. The van der Waals surface area contributed by atoms with Crippen molar-refractivity contribution in [2.45, 2.75) is 13.0 Å². The molecule has 2 N–H and O–H groups in total. The van der Waals surface area contributed by atoms with E-state index in [0.717, 1.165) is 0 Å². The van der Waals surface area contributed by atoms with E-state index in [1.165, 1.54) is 6.20 Å². The van der Waals surface area contributed by atoms with Crippen molar-refractivity contribution in [1.82, 2.24) is 10.2 Å². The Morgan fingerprint density at radius 3 is 2.82 bits per heavy atom. The summed E-state index contributed by atoms with van der Waals surface area (Å²) in [5.41, 5.74) is 0.624. The van der Waals surface area contributed by atoms with Gasteiger partial charge < -0.3 is 10.1 Å². The smallest absolute Gasteiger partial charge is 0.265 e. The van der Waals surface area contributed by atoms with Crippen molar-refractivity contribution in [3.8, 4) is 5.75 Å². The summed E-state index contributed by atoms with van der Waals surface area (Å²) in [5, 5.41) is 9.04. The van der Waals surface area contributed by atoms with Crippen LogP contribution < -0.4 is 10.1 Å². The Balaban J connectivity index is 1.92. The van der Waals surface area contributed by atoms with Crippen LogP contribution in [-0.4, -0.2) is 22.2 Å². The molecule has 0 fully saturated rings. The monoisotopic (exact) mass is 231 g/mol. The third-order valence-electron chi connectivity index (χ3n) is 2.19. The lowest BCUT2D eigenvalue weighted by Gasteiger charge is -2.13. The SMILES string of the molecule is C[C@@H](Oc1ccccc1)C(=O)Nc1cn[nH]c1. The fraction of sp³-hybridized carbons (Fsp3) is 0.167. The summed E-state index contributed by atoms with van der Waals surface area (Å²) in [7, 11) is 0. The first-order valence-electron chi connectivity index (χ1n) is 5.27. The normalized spacial score (nSPS) is 11.8. The second-order valence-corrected chi connectivity index (χ2v) is 3.55. The predicted octanol–water partition coefficient (Wildman–Crippen LogP) is 1.82. The van der Waals surface area contributed by atoms with E-state index in [9.17, 15) is 4.79 Å². The molecule has 0 bridgehead atoms. The number of aromatic amines is 1. The zero-order valence-corrected chi connectivity index (χ0v) is 9.38. The molecule has 0 radical (unpaired) electrons. The number of rotatable bonds is 4. The molecule has 0 aliphatic rings. The van der Waals surface area contributed by atoms with E-state index in [2.05, 4.69) is 15.5 Å². The number of H-pyrrole nitrogens is 1. The molecule has 0 unspecified atom stereocenters. The number of benzene rings is 1. The minimum atomic E-state index is -0.563. The Hall–Kier alpha value is -2.30. The number of amides is 1. The molecule has 2 rings (SSSR count). The molecule has 0 saturated heterocycles. The van der Waals surface area contributed by atoms with Gasteiger partial charge in [-0.1, -0.05) is 18.2 Å². The molecule has 0 aliphatic heterocycles. The Morgan fingerprint density at radius 1 is 1.41 bits per heavy atom. The number of aromatic nitrogens is 2. The number of anilines is 1. The van der Waals surface area contributed by atoms with E-state index < -0.39 is 6.10 Å². The van der Waals surface area contributed by atoms with E-state index in [1.807, 2.05) is 30.3 Å². The standard InChI is InChI=1S/C12H13N3O2/c1-9(17-11-5-3-2-4-6-11)12(16)15-10-7-13-14-8-10/h2-9H,1H3,(H,13,14)(H,15,16)/t9-/m1/s1. The fourth-order valence-electron chi connectivity index (χ4n) is 1.32. The molecular weight excluding hydrogens is 218 g/mol. The number of ether oxygens (including phenoxy) is 1. The van der Waals surface area contributed by atoms with Gasteiger partial charge in [-0.15, -0.1) is 0 Å². The van der Waals surface area contributed by atoms with E-state index >= 15 is 0 Å². The van der Waals surface area contributed by atoms with E-state index in [1.54, 1.807) is 13.1 Å². The lowest BCUT2D eigenvalue weighted by atomic mass is 10.3. The highest BCUT2D eigenvalue weighted by molar-refractivity contribution is 5.93. The van der Waals surface area contributed by atoms with Crippen molar-refractivity contribution >= 4 is 11.6 Å². The van der Waals surface area contributed by atoms with Gasteiger partial charge in [0.1, 0.15) is 5.75 Å². The van der Waals surface area contributed by atoms with Gasteiger partial charge in [-0.2, -0.15) is 5.10 Å². The zero-order valence-electron chi connectivity index (χ0n) is 9.38. The summed E-state index contributed by atoms with van der Waals surface area (Å²) >= 11 is 0. The van der Waals surface area contributed by atoms with Gasteiger partial charge in [0.05, 0.1) is 11.9 Å². The second kappa shape index (κ2) is 5.16. The highest BCUT2D eigenvalue weighted by Gasteiger charge is 2.14. The van der Waals surface area contributed by atoms with Gasteiger partial charge in [-0.3, -0.25) is 9.89 Å². The molecule has 1 heterocycles. The van der Waals surface area contributed by atoms with Crippen LogP contribution in [0, 0.1) is 0 Å². The molecule has 1 aromatic carbocycles. The Morgan fingerprint density at radius 2 is 2.18 bits per heavy atom. The van der Waals surface area contributed by atoms with Crippen molar-refractivity contribution in [1.29, 1.82) is 0 Å². The van der Waals surface area contributed by atoms with Gasteiger partial charge >= 0.3 is 0 Å². The van der Waals surface area contributed by atoms with Crippen LogP contribution in [0.4, 0.5) is 5.69 Å². The van der Waals surface area contributed by atoms with Crippen LogP contribution in [0.2, 0.25) is 0 Å². The number of para-hydroxylation sites is 1. The van der Waals surface area contributed by atoms with E-state index in [0.29, 0.717) is 11.4 Å². The van der Waals surface area contributed by atoms with Crippen LogP contribution in [0.15, 0.2) is 42.7 Å². The molecule has 0 saturated carbocycles. The molecular formula is C12H13N3O2. The number of carbonyl (C=O) groups is 1. The third kappa shape index (κ3) is 3.07. The van der Waals surface area contributed by atoms with Gasteiger partial charge in [0.2, 0.25) is 0 Å². The largest absolute Gasteiger partial charge is 0.481 e. The first-order chi connectivity index (χ1) is 8.25. The Labute approximate surface area is 98.8 Å². The van der Waals surface area contributed by atoms with Crippen LogP contribution in [-0.2, 0) is 4.79 Å². The summed E-state index contributed by atoms with van der Waals surface area (Å²) in [5.74, 6) is 0.456. The minimum Gasteiger partial charge on any atom is -0.481 e. The molecule has 1 aromatic heterocycles. The Bertz CT molecular complexity index is 468. The number of nitrogens with zero attached hydrogens (tertiary/aromatic N) is 1. The fourth-order valence-corrected chi connectivity index (χ4v) is 1.32. The van der Waals surface area contributed by atoms with Crippen LogP contribution in [0.1, 0.15) is 6.92 Å². The molecule has 1 atom stereocenters. The van der Waals surface area contributed by atoms with Crippen LogP contribution in [0.3, 0.4) is 0 Å². The minimum absolute atomic E-state index is 0.213. The predicted molar refractivity (Wildman–Crippen MR) is 63.7 cm³/mol. The third-order valence-corrected chi connectivity index (χ3v) is 2.19. The lowest BCUT2D eigenvalue weighted by molar-refractivity contribution is -0.122. The Kier molecular flexibility index (Phi) is 3.40. The molecule has 5 heteroatoms. The maximum Gasteiger partial charge on any atom is 0.265 e. The van der Waals surface area contributed by atoms with Crippen LogP contribution in [0.25, 0.3) is 0 Å². The summed E-state index contributed by atoms with van der Waals surface area (Å²) in [6.07, 6.45) is 2.58. The average Bonchev–Trinajstić information content (AvgIpc) is 2.83. The van der Waals surface area contributed by atoms with Crippen molar-refractivity contribution in [2.24, 2.45) is 0 Å². The number of nitrogens with one attached hydrogen (secondary N) is 2. The van der Waals surface area contributed by atoms with Crippen LogP contribution >= 0.6 is 0 Å². The highest BCUT2D eigenvalue weighted by atomic mass is 16.5. The molecule has 1 amide bonds. The number of hydrogen-bond acceptors (Lipinski definition) is 3. The first-order valence-corrected chi connectivity index (χ1v) is 5.27. The summed E-state index contributed by atoms with van der Waals surface area (Å²) in [6, 6.07) is 9.22. The molecule has 5 nitrogen and oxygen atoms in total. The molecule has 0 spiro atoms. The maximum atomic E-state index is 11.7. The number of carbonyl (C=O) groups excluding carboxylic acids is 1. The molecule has 88 valence electrons. The van der Waals surface area contributed by atoms with Crippen molar-refractivity contribution < 1.29 is 9.53 Å². The summed E-state index contributed by atoms with van der Waals surface area (Å²) in [4.78, 5) is 11.7. The number of hydrogen-bond donors (Lipinski definition) is 2. The first kappa shape index (κ1) is 11.2. The van der Waals surface area contributed by atoms with E-state index in [-0.39, 0.29) is 5.91 Å². The van der Waals surface area contributed by atoms with Gasteiger partial charge in [0, 0.05) is 6.20 Å². The van der Waals surface area contributed by atoms with Crippen molar-refractivity contribution in [3.05, 3.63) is 42.7 Å². The van der Waals surface area contributed by atoms with Crippen molar-refractivity contribution in [3.63, 3.8) is 0 Å².